The first kappa shape index (κ1) is 11.7. The number of nitrogens with one attached hydrogen (secondary N) is 2. The van der Waals surface area contributed by atoms with Crippen LogP contribution in [0.3, 0.4) is 0 Å². The Morgan fingerprint density at radius 1 is 1.47 bits per heavy atom. The Hall–Kier alpha value is -1.36. The maximum Gasteiger partial charge on any atom is 0.287 e. The fourth-order valence-electron chi connectivity index (χ4n) is 1.23. The van der Waals surface area contributed by atoms with Gasteiger partial charge in [-0.1, -0.05) is 6.92 Å². The van der Waals surface area contributed by atoms with Gasteiger partial charge in [0.1, 0.15) is 0 Å². The van der Waals surface area contributed by atoms with Gasteiger partial charge < -0.3 is 15.2 Å². The van der Waals surface area contributed by atoms with Crippen molar-refractivity contribution in [3.8, 4) is 0 Å². The lowest BCUT2D eigenvalue weighted by atomic mass is 10.4. The van der Waals surface area contributed by atoms with Gasteiger partial charge in [0.2, 0.25) is 0 Å². The lowest BCUT2D eigenvalue weighted by Gasteiger charge is -2.05. The topological polar surface area (TPSA) is 58.9 Å². The van der Waals surface area contributed by atoms with Gasteiger partial charge in [0.05, 0.1) is 0 Å². The summed E-state index contributed by atoms with van der Waals surface area (Å²) in [6.07, 6.45) is 4.47. The molecule has 0 aromatic carbocycles. The number of rotatable bonds is 6. The molecule has 84 valence electrons. The molecule has 0 atom stereocenters. The molecular weight excluding hydrogens is 192 g/mol. The molecule has 5 heteroatoms. The predicted octanol–water partition coefficient (Wildman–Crippen LogP) is 0.149. The minimum Gasteiger partial charge on any atom is -0.348 e. The van der Waals surface area contributed by atoms with Crippen LogP contribution in [0.1, 0.15) is 24.0 Å². The van der Waals surface area contributed by atoms with Gasteiger partial charge in [-0.25, -0.2) is 4.98 Å². The summed E-state index contributed by atoms with van der Waals surface area (Å²) < 4.78 is 1.70. The molecule has 15 heavy (non-hydrogen) atoms. The van der Waals surface area contributed by atoms with Gasteiger partial charge in [0, 0.05) is 32.5 Å². The van der Waals surface area contributed by atoms with E-state index in [4.69, 9.17) is 0 Å². The molecule has 2 N–H and O–H groups in total. The normalized spacial score (nSPS) is 10.3. The zero-order chi connectivity index (χ0) is 11.1. The number of hydrogen-bond donors (Lipinski definition) is 2. The number of hydrogen-bond acceptors (Lipinski definition) is 3. The smallest absolute Gasteiger partial charge is 0.287 e. The van der Waals surface area contributed by atoms with E-state index in [2.05, 4.69) is 22.5 Å². The molecule has 0 unspecified atom stereocenters. The molecule has 0 bridgehead atoms. The standard InChI is InChI=1S/C10H18N4O/c1-3-4-11-5-6-13-10(15)9-12-7-8-14(9)2/h7-8,11H,3-6H2,1-2H3,(H,13,15). The molecule has 0 aliphatic rings. The Bertz CT molecular complexity index is 308. The molecule has 1 aromatic heterocycles. The van der Waals surface area contributed by atoms with Crippen molar-refractivity contribution in [1.82, 2.24) is 20.2 Å². The molecule has 0 saturated carbocycles. The Morgan fingerprint density at radius 2 is 2.27 bits per heavy atom. The molecule has 0 spiro atoms. The second-order valence-corrected chi connectivity index (χ2v) is 3.37. The molecule has 0 aliphatic carbocycles. The van der Waals surface area contributed by atoms with Gasteiger partial charge in [0.15, 0.2) is 5.82 Å². The number of imidazole rings is 1. The van der Waals surface area contributed by atoms with Crippen molar-refractivity contribution in [2.24, 2.45) is 7.05 Å². The molecule has 0 saturated heterocycles. The van der Waals surface area contributed by atoms with Gasteiger partial charge in [-0.15, -0.1) is 0 Å². The van der Waals surface area contributed by atoms with Crippen LogP contribution in [-0.2, 0) is 7.05 Å². The van der Waals surface area contributed by atoms with Gasteiger partial charge in [-0.2, -0.15) is 0 Å². The van der Waals surface area contributed by atoms with Crippen molar-refractivity contribution in [3.05, 3.63) is 18.2 Å². The summed E-state index contributed by atoms with van der Waals surface area (Å²) in [5.74, 6) is 0.325. The number of amides is 1. The third-order valence-electron chi connectivity index (χ3n) is 2.04. The fourth-order valence-corrected chi connectivity index (χ4v) is 1.23. The van der Waals surface area contributed by atoms with Crippen LogP contribution < -0.4 is 10.6 Å². The number of carbonyl (C=O) groups excluding carboxylic acids is 1. The van der Waals surface area contributed by atoms with Crippen molar-refractivity contribution in [1.29, 1.82) is 0 Å². The lowest BCUT2D eigenvalue weighted by molar-refractivity contribution is 0.0940. The van der Waals surface area contributed by atoms with Crippen molar-refractivity contribution < 1.29 is 4.79 Å². The fraction of sp³-hybridized carbons (Fsp3) is 0.600. The molecule has 0 fully saturated rings. The first-order valence-electron chi connectivity index (χ1n) is 5.22. The van der Waals surface area contributed by atoms with Crippen molar-refractivity contribution in [3.63, 3.8) is 0 Å². The van der Waals surface area contributed by atoms with Crippen LogP contribution in [0.2, 0.25) is 0 Å². The van der Waals surface area contributed by atoms with E-state index in [1.807, 2.05) is 0 Å². The molecule has 0 aliphatic heterocycles. The predicted molar refractivity (Wildman–Crippen MR) is 58.7 cm³/mol. The summed E-state index contributed by atoms with van der Waals surface area (Å²) in [6, 6.07) is 0. The van der Waals surface area contributed by atoms with Gasteiger partial charge in [0.25, 0.3) is 5.91 Å². The van der Waals surface area contributed by atoms with Gasteiger partial charge in [-0.05, 0) is 13.0 Å². The summed E-state index contributed by atoms with van der Waals surface area (Å²) in [5, 5.41) is 6.01. The Labute approximate surface area is 89.9 Å². The summed E-state index contributed by atoms with van der Waals surface area (Å²) in [5.41, 5.74) is 0. The van der Waals surface area contributed by atoms with Crippen molar-refractivity contribution >= 4 is 5.91 Å². The average Bonchev–Trinajstić information content (AvgIpc) is 2.64. The van der Waals surface area contributed by atoms with Gasteiger partial charge >= 0.3 is 0 Å². The van der Waals surface area contributed by atoms with E-state index < -0.39 is 0 Å². The monoisotopic (exact) mass is 210 g/mol. The summed E-state index contributed by atoms with van der Waals surface area (Å²) in [6.45, 7) is 4.52. The van der Waals surface area contributed by atoms with E-state index in [0.29, 0.717) is 12.4 Å². The van der Waals surface area contributed by atoms with E-state index in [-0.39, 0.29) is 5.91 Å². The van der Waals surface area contributed by atoms with Crippen LogP contribution in [0, 0.1) is 0 Å². The molecule has 1 rings (SSSR count). The molecule has 5 nitrogen and oxygen atoms in total. The summed E-state index contributed by atoms with van der Waals surface area (Å²) in [4.78, 5) is 15.5. The average molecular weight is 210 g/mol. The van der Waals surface area contributed by atoms with E-state index in [1.165, 1.54) is 0 Å². The Balaban J connectivity index is 2.22. The highest BCUT2D eigenvalue weighted by atomic mass is 16.2. The Kier molecular flexibility index (Phi) is 4.83. The number of aryl methyl sites for hydroxylation is 1. The zero-order valence-corrected chi connectivity index (χ0v) is 9.29. The summed E-state index contributed by atoms with van der Waals surface area (Å²) in [7, 11) is 1.80. The quantitative estimate of drug-likeness (QED) is 0.657. The first-order chi connectivity index (χ1) is 7.25. The third kappa shape index (κ3) is 3.71. The number of nitrogens with zero attached hydrogens (tertiary/aromatic N) is 2. The maximum atomic E-state index is 11.5. The largest absolute Gasteiger partial charge is 0.348 e. The second kappa shape index (κ2) is 6.19. The van der Waals surface area contributed by atoms with Crippen molar-refractivity contribution in [2.75, 3.05) is 19.6 Å². The third-order valence-corrected chi connectivity index (χ3v) is 2.04. The highest BCUT2D eigenvalue weighted by Gasteiger charge is 2.08. The zero-order valence-electron chi connectivity index (χ0n) is 9.29. The first-order valence-corrected chi connectivity index (χ1v) is 5.22. The number of aromatic nitrogens is 2. The van der Waals surface area contributed by atoms with E-state index in [0.717, 1.165) is 19.5 Å². The van der Waals surface area contributed by atoms with E-state index in [1.54, 1.807) is 24.0 Å². The van der Waals surface area contributed by atoms with Crippen LogP contribution in [0.15, 0.2) is 12.4 Å². The van der Waals surface area contributed by atoms with Crippen LogP contribution in [0.5, 0.6) is 0 Å². The van der Waals surface area contributed by atoms with E-state index >= 15 is 0 Å². The van der Waals surface area contributed by atoms with Crippen molar-refractivity contribution in [2.45, 2.75) is 13.3 Å². The minimum absolute atomic E-state index is 0.124. The highest BCUT2D eigenvalue weighted by molar-refractivity contribution is 5.90. The van der Waals surface area contributed by atoms with Crippen LogP contribution >= 0.6 is 0 Å². The molecule has 1 amide bonds. The maximum absolute atomic E-state index is 11.5. The molecule has 1 heterocycles. The lowest BCUT2D eigenvalue weighted by Crippen LogP contribution is -2.33. The van der Waals surface area contributed by atoms with Crippen LogP contribution in [-0.4, -0.2) is 35.1 Å². The molecule has 1 aromatic rings. The molecular formula is C10H18N4O. The highest BCUT2D eigenvalue weighted by Crippen LogP contribution is 1.92. The van der Waals surface area contributed by atoms with E-state index in [9.17, 15) is 4.79 Å². The Morgan fingerprint density at radius 3 is 2.87 bits per heavy atom. The number of carbonyl (C=O) groups is 1. The molecule has 0 radical (unpaired) electrons. The minimum atomic E-state index is -0.124. The van der Waals surface area contributed by atoms with Gasteiger partial charge in [-0.3, -0.25) is 4.79 Å². The second-order valence-electron chi connectivity index (χ2n) is 3.37. The van der Waals surface area contributed by atoms with Crippen LogP contribution in [0.4, 0.5) is 0 Å². The summed E-state index contributed by atoms with van der Waals surface area (Å²) >= 11 is 0. The SMILES string of the molecule is CCCNCCNC(=O)c1nccn1C. The van der Waals surface area contributed by atoms with Crippen LogP contribution in [0.25, 0.3) is 0 Å².